The third-order valence-corrected chi connectivity index (χ3v) is 3.14. The van der Waals surface area contributed by atoms with Gasteiger partial charge in [0.25, 0.3) is 0 Å². The zero-order valence-electron chi connectivity index (χ0n) is 8.82. The Morgan fingerprint density at radius 3 is 2.88 bits per heavy atom. The second kappa shape index (κ2) is 6.00. The van der Waals surface area contributed by atoms with Crippen LogP contribution in [0.25, 0.3) is 0 Å². The maximum absolute atomic E-state index is 11.7. The van der Waals surface area contributed by atoms with Gasteiger partial charge in [-0.2, -0.15) is 0 Å². The molecule has 16 heavy (non-hydrogen) atoms. The third kappa shape index (κ3) is 2.62. The van der Waals surface area contributed by atoms with Crippen LogP contribution in [0.5, 0.6) is 0 Å². The number of hydrogen-bond donors (Lipinski definition) is 0. The van der Waals surface area contributed by atoms with Crippen LogP contribution >= 0.6 is 27.7 Å². The van der Waals surface area contributed by atoms with Crippen LogP contribution < -0.4 is 0 Å². The van der Waals surface area contributed by atoms with E-state index in [9.17, 15) is 9.59 Å². The number of carbonyl (C=O) groups excluding carboxylic acids is 2. The molecular formula is C10H10BrNO3S. The molecular weight excluding hydrogens is 294 g/mol. The number of hydrogen-bond acceptors (Lipinski definition) is 5. The van der Waals surface area contributed by atoms with Gasteiger partial charge in [0, 0.05) is 6.20 Å². The maximum atomic E-state index is 11.7. The first kappa shape index (κ1) is 13.2. The maximum Gasteiger partial charge on any atom is 0.340 e. The molecule has 0 saturated carbocycles. The van der Waals surface area contributed by atoms with E-state index >= 15 is 0 Å². The molecule has 0 bridgehead atoms. The lowest BCUT2D eigenvalue weighted by Gasteiger charge is -2.09. The molecule has 86 valence electrons. The molecule has 1 aromatic heterocycles. The smallest absolute Gasteiger partial charge is 0.340 e. The number of esters is 1. The Bertz CT molecular complexity index is 423. The van der Waals surface area contributed by atoms with Crippen LogP contribution in [0, 0.1) is 0 Å². The summed E-state index contributed by atoms with van der Waals surface area (Å²) in [5.41, 5.74) is 0.497. The standard InChI is InChI=1S/C10H10BrNO3S/c1-3-15-10(14)8-6(5-13)9(16-2)12-4-7(8)11/h4-5H,3H2,1-2H3. The number of pyridine rings is 1. The van der Waals surface area contributed by atoms with Gasteiger partial charge in [-0.3, -0.25) is 4.79 Å². The lowest BCUT2D eigenvalue weighted by Crippen LogP contribution is -2.10. The molecule has 0 aliphatic carbocycles. The highest BCUT2D eigenvalue weighted by molar-refractivity contribution is 9.10. The molecule has 0 N–H and O–H groups in total. The lowest BCUT2D eigenvalue weighted by molar-refractivity contribution is 0.0522. The second-order valence-electron chi connectivity index (χ2n) is 2.74. The second-order valence-corrected chi connectivity index (χ2v) is 4.39. The third-order valence-electron chi connectivity index (χ3n) is 1.82. The van der Waals surface area contributed by atoms with Gasteiger partial charge in [-0.05, 0) is 29.1 Å². The molecule has 1 heterocycles. The van der Waals surface area contributed by atoms with Crippen molar-refractivity contribution in [1.29, 1.82) is 0 Å². The number of aldehydes is 1. The fourth-order valence-corrected chi connectivity index (χ4v) is 2.17. The van der Waals surface area contributed by atoms with Gasteiger partial charge in [-0.25, -0.2) is 9.78 Å². The largest absolute Gasteiger partial charge is 0.462 e. The summed E-state index contributed by atoms with van der Waals surface area (Å²) in [4.78, 5) is 26.7. The predicted octanol–water partition coefficient (Wildman–Crippen LogP) is 2.56. The Morgan fingerprint density at radius 1 is 1.69 bits per heavy atom. The predicted molar refractivity (Wildman–Crippen MR) is 65.1 cm³/mol. The van der Waals surface area contributed by atoms with Crippen molar-refractivity contribution in [2.24, 2.45) is 0 Å². The van der Waals surface area contributed by atoms with Crippen molar-refractivity contribution < 1.29 is 14.3 Å². The van der Waals surface area contributed by atoms with Crippen molar-refractivity contribution in [3.63, 3.8) is 0 Å². The van der Waals surface area contributed by atoms with Gasteiger partial charge in [-0.1, -0.05) is 0 Å². The SMILES string of the molecule is CCOC(=O)c1c(Br)cnc(SC)c1C=O. The molecule has 0 aliphatic rings. The summed E-state index contributed by atoms with van der Waals surface area (Å²) in [6, 6.07) is 0. The minimum absolute atomic E-state index is 0.233. The van der Waals surface area contributed by atoms with E-state index in [-0.39, 0.29) is 17.7 Å². The first-order chi connectivity index (χ1) is 7.65. The van der Waals surface area contributed by atoms with Gasteiger partial charge in [0.2, 0.25) is 0 Å². The first-order valence-corrected chi connectivity index (χ1v) is 6.52. The van der Waals surface area contributed by atoms with Crippen LogP contribution in [0.1, 0.15) is 27.6 Å². The number of halogens is 1. The van der Waals surface area contributed by atoms with Crippen LogP contribution in [0.2, 0.25) is 0 Å². The molecule has 1 aromatic rings. The van der Waals surface area contributed by atoms with Crippen LogP contribution in [-0.4, -0.2) is 30.1 Å². The molecule has 0 fully saturated rings. The summed E-state index contributed by atoms with van der Waals surface area (Å²) in [5.74, 6) is -0.519. The van der Waals surface area contributed by atoms with Crippen LogP contribution in [0.15, 0.2) is 15.7 Å². The Morgan fingerprint density at radius 2 is 2.38 bits per heavy atom. The fourth-order valence-electron chi connectivity index (χ4n) is 1.17. The van der Waals surface area contributed by atoms with Crippen molar-refractivity contribution in [3.8, 4) is 0 Å². The molecule has 0 aliphatic heterocycles. The Labute approximate surface area is 106 Å². The average molecular weight is 304 g/mol. The van der Waals surface area contributed by atoms with Gasteiger partial charge in [0.1, 0.15) is 5.03 Å². The summed E-state index contributed by atoms with van der Waals surface area (Å²) in [7, 11) is 0. The molecule has 0 atom stereocenters. The van der Waals surface area contributed by atoms with Crippen molar-refractivity contribution in [2.75, 3.05) is 12.9 Å². The van der Waals surface area contributed by atoms with Crippen molar-refractivity contribution in [3.05, 3.63) is 21.8 Å². The van der Waals surface area contributed by atoms with Crippen LogP contribution in [0.3, 0.4) is 0 Å². The monoisotopic (exact) mass is 303 g/mol. The van der Waals surface area contributed by atoms with E-state index in [1.54, 1.807) is 13.2 Å². The highest BCUT2D eigenvalue weighted by Crippen LogP contribution is 2.26. The molecule has 0 radical (unpaired) electrons. The van der Waals surface area contributed by atoms with E-state index in [4.69, 9.17) is 4.74 Å². The Kier molecular flexibility index (Phi) is 4.95. The lowest BCUT2D eigenvalue weighted by atomic mass is 10.1. The molecule has 0 saturated heterocycles. The summed E-state index contributed by atoms with van der Waals surface area (Å²) in [6.07, 6.45) is 3.90. The zero-order chi connectivity index (χ0) is 12.1. The zero-order valence-corrected chi connectivity index (χ0v) is 11.2. The Balaban J connectivity index is 3.34. The Hall–Kier alpha value is -0.880. The fraction of sp³-hybridized carbons (Fsp3) is 0.300. The van der Waals surface area contributed by atoms with E-state index in [1.165, 1.54) is 18.0 Å². The molecule has 0 aromatic carbocycles. The van der Waals surface area contributed by atoms with Crippen molar-refractivity contribution >= 4 is 39.9 Å². The van der Waals surface area contributed by atoms with Crippen LogP contribution in [0.4, 0.5) is 0 Å². The minimum Gasteiger partial charge on any atom is -0.462 e. The highest BCUT2D eigenvalue weighted by atomic mass is 79.9. The summed E-state index contributed by atoms with van der Waals surface area (Å²) in [6.45, 7) is 1.98. The summed E-state index contributed by atoms with van der Waals surface area (Å²) < 4.78 is 5.35. The van der Waals surface area contributed by atoms with Gasteiger partial charge >= 0.3 is 5.97 Å². The highest BCUT2D eigenvalue weighted by Gasteiger charge is 2.20. The first-order valence-electron chi connectivity index (χ1n) is 4.50. The topological polar surface area (TPSA) is 56.3 Å². The van der Waals surface area contributed by atoms with Crippen LogP contribution in [-0.2, 0) is 4.74 Å². The van der Waals surface area contributed by atoms with E-state index < -0.39 is 5.97 Å². The number of aromatic nitrogens is 1. The normalized spacial score (nSPS) is 9.94. The van der Waals surface area contributed by atoms with Gasteiger partial charge in [0.05, 0.1) is 22.2 Å². The van der Waals surface area contributed by atoms with Gasteiger partial charge < -0.3 is 4.74 Å². The number of ether oxygens (including phenoxy) is 1. The molecule has 6 heteroatoms. The van der Waals surface area contributed by atoms with Gasteiger partial charge in [0.15, 0.2) is 6.29 Å². The van der Waals surface area contributed by atoms with E-state index in [0.717, 1.165) is 0 Å². The number of nitrogens with zero attached hydrogens (tertiary/aromatic N) is 1. The number of carbonyl (C=O) groups is 2. The molecule has 4 nitrogen and oxygen atoms in total. The molecule has 1 rings (SSSR count). The van der Waals surface area contributed by atoms with Crippen molar-refractivity contribution in [2.45, 2.75) is 11.9 Å². The number of thioether (sulfide) groups is 1. The number of rotatable bonds is 4. The summed E-state index contributed by atoms with van der Waals surface area (Å²) in [5, 5.41) is 0.515. The van der Waals surface area contributed by atoms with E-state index in [0.29, 0.717) is 15.8 Å². The molecule has 0 amide bonds. The van der Waals surface area contributed by atoms with Gasteiger partial charge in [-0.15, -0.1) is 11.8 Å². The van der Waals surface area contributed by atoms with Crippen molar-refractivity contribution in [1.82, 2.24) is 4.98 Å². The molecule has 0 spiro atoms. The summed E-state index contributed by atoms with van der Waals surface area (Å²) >= 11 is 4.50. The van der Waals surface area contributed by atoms with E-state index in [2.05, 4.69) is 20.9 Å². The quantitative estimate of drug-likeness (QED) is 0.486. The average Bonchev–Trinajstić information content (AvgIpc) is 2.28. The van der Waals surface area contributed by atoms with E-state index in [1.807, 2.05) is 0 Å². The molecule has 0 unspecified atom stereocenters. The minimum atomic E-state index is -0.519.